The van der Waals surface area contributed by atoms with Crippen LogP contribution in [0.1, 0.15) is 90.1 Å². The van der Waals surface area contributed by atoms with Crippen LogP contribution in [0.2, 0.25) is 0 Å². The van der Waals surface area contributed by atoms with E-state index >= 15 is 0 Å². The lowest BCUT2D eigenvalue weighted by Crippen LogP contribution is -2.17. The Hall–Kier alpha value is -2.09. The molecule has 0 aliphatic heterocycles. The van der Waals surface area contributed by atoms with E-state index in [9.17, 15) is 5.11 Å². The number of nitrogens with zero attached hydrogens (tertiary/aromatic N) is 1. The van der Waals surface area contributed by atoms with Gasteiger partial charge < -0.3 is 5.11 Å². The Kier molecular flexibility index (Phi) is 6.13. The van der Waals surface area contributed by atoms with E-state index in [4.69, 9.17) is 0 Å². The highest BCUT2D eigenvalue weighted by molar-refractivity contribution is 5.85. The molecule has 1 N–H and O–H groups in total. The molecule has 0 fully saturated rings. The van der Waals surface area contributed by atoms with Crippen LogP contribution >= 0.6 is 0 Å². The largest absolute Gasteiger partial charge is 0.507 e. The molecule has 0 spiro atoms. The van der Waals surface area contributed by atoms with Gasteiger partial charge in [-0.3, -0.25) is 4.99 Å². The molecule has 2 aromatic carbocycles. The van der Waals surface area contributed by atoms with Crippen molar-refractivity contribution in [1.82, 2.24) is 0 Å². The van der Waals surface area contributed by atoms with Crippen molar-refractivity contribution in [3.05, 3.63) is 64.2 Å². The molecule has 2 heteroatoms. The number of rotatable bonds is 3. The lowest BCUT2D eigenvalue weighted by molar-refractivity contribution is 0.444. The van der Waals surface area contributed by atoms with Gasteiger partial charge in [-0.1, -0.05) is 92.6 Å². The molecule has 2 nitrogen and oxygen atoms in total. The summed E-state index contributed by atoms with van der Waals surface area (Å²) < 4.78 is 0. The summed E-state index contributed by atoms with van der Waals surface area (Å²) in [5.74, 6) is 0.340. The summed E-state index contributed by atoms with van der Waals surface area (Å²) in [5, 5.41) is 10.8. The first-order valence-electron chi connectivity index (χ1n) is 10.2. The fourth-order valence-electron chi connectivity index (χ4n) is 3.12. The van der Waals surface area contributed by atoms with Gasteiger partial charge in [-0.05, 0) is 39.0 Å². The van der Waals surface area contributed by atoms with Gasteiger partial charge in [-0.25, -0.2) is 0 Å². The number of aromatic hydroxyl groups is 1. The number of aliphatic imine (C=N–C) groups is 1. The van der Waals surface area contributed by atoms with E-state index in [1.54, 1.807) is 0 Å². The molecule has 0 bridgehead atoms. The van der Waals surface area contributed by atoms with Crippen molar-refractivity contribution in [2.45, 2.75) is 85.1 Å². The van der Waals surface area contributed by atoms with Gasteiger partial charge in [0.15, 0.2) is 0 Å². The van der Waals surface area contributed by atoms with Gasteiger partial charge in [0.1, 0.15) is 5.75 Å². The third-order valence-corrected chi connectivity index (χ3v) is 5.14. The van der Waals surface area contributed by atoms with Crippen LogP contribution in [0.3, 0.4) is 0 Å². The molecule has 28 heavy (non-hydrogen) atoms. The predicted molar refractivity (Wildman–Crippen MR) is 122 cm³/mol. The SMILES string of the molecule is CC(C)(C)c1ccc(CN=Cc2cc(C(C)(C)C)cc(C(C)(C)C)c2O)cc1. The zero-order valence-electron chi connectivity index (χ0n) is 19.1. The molecule has 2 aromatic rings. The summed E-state index contributed by atoms with van der Waals surface area (Å²) in [6.07, 6.45) is 1.82. The van der Waals surface area contributed by atoms with Gasteiger partial charge in [0.2, 0.25) is 0 Å². The van der Waals surface area contributed by atoms with E-state index in [-0.39, 0.29) is 16.2 Å². The Bertz CT molecular complexity index is 838. The topological polar surface area (TPSA) is 32.6 Å². The number of hydrogen-bond acceptors (Lipinski definition) is 2. The second-order valence-corrected chi connectivity index (χ2v) is 10.9. The zero-order chi connectivity index (χ0) is 21.3. The normalized spacial score (nSPS) is 13.3. The molecule has 0 aliphatic carbocycles. The second-order valence-electron chi connectivity index (χ2n) is 10.9. The van der Waals surface area contributed by atoms with E-state index < -0.39 is 0 Å². The number of phenols is 1. The molecule has 0 heterocycles. The van der Waals surface area contributed by atoms with Crippen LogP contribution in [0.4, 0.5) is 0 Å². The van der Waals surface area contributed by atoms with Gasteiger partial charge in [0.05, 0.1) is 6.54 Å². The molecule has 0 aliphatic rings. The smallest absolute Gasteiger partial charge is 0.128 e. The summed E-state index contributed by atoms with van der Waals surface area (Å²) in [5.41, 5.74) is 5.52. The minimum atomic E-state index is -0.128. The zero-order valence-corrected chi connectivity index (χ0v) is 19.1. The van der Waals surface area contributed by atoms with Crippen LogP contribution in [0.25, 0.3) is 0 Å². The minimum absolute atomic E-state index is 0.0130. The van der Waals surface area contributed by atoms with Crippen molar-refractivity contribution in [2.24, 2.45) is 4.99 Å². The molecule has 0 saturated heterocycles. The Balaban J connectivity index is 2.32. The third-order valence-electron chi connectivity index (χ3n) is 5.14. The molecule has 152 valence electrons. The summed E-state index contributed by atoms with van der Waals surface area (Å²) in [6, 6.07) is 12.9. The molecule has 0 aromatic heterocycles. The molecule has 0 atom stereocenters. The van der Waals surface area contributed by atoms with Crippen molar-refractivity contribution in [1.29, 1.82) is 0 Å². The Morgan fingerprint density at radius 2 is 1.29 bits per heavy atom. The van der Waals surface area contributed by atoms with Crippen LogP contribution in [0.5, 0.6) is 5.75 Å². The van der Waals surface area contributed by atoms with E-state index in [1.165, 1.54) is 16.7 Å². The Labute approximate surface area is 171 Å². The molecule has 0 radical (unpaired) electrons. The van der Waals surface area contributed by atoms with E-state index in [1.807, 2.05) is 6.21 Å². The summed E-state index contributed by atoms with van der Waals surface area (Å²) in [7, 11) is 0. The Morgan fingerprint density at radius 1 is 0.750 bits per heavy atom. The maximum Gasteiger partial charge on any atom is 0.128 e. The molecular weight excluding hydrogens is 342 g/mol. The second kappa shape index (κ2) is 7.73. The average Bonchev–Trinajstić information content (AvgIpc) is 2.54. The fourth-order valence-corrected chi connectivity index (χ4v) is 3.12. The minimum Gasteiger partial charge on any atom is -0.507 e. The Morgan fingerprint density at radius 3 is 1.75 bits per heavy atom. The molecular formula is C26H37NO. The van der Waals surface area contributed by atoms with E-state index in [0.717, 1.165) is 11.1 Å². The van der Waals surface area contributed by atoms with Crippen LogP contribution in [-0.4, -0.2) is 11.3 Å². The van der Waals surface area contributed by atoms with Crippen LogP contribution in [0.15, 0.2) is 41.4 Å². The van der Waals surface area contributed by atoms with Gasteiger partial charge in [-0.2, -0.15) is 0 Å². The highest BCUT2D eigenvalue weighted by Crippen LogP contribution is 2.37. The molecule has 0 amide bonds. The lowest BCUT2D eigenvalue weighted by atomic mass is 9.79. The third kappa shape index (κ3) is 5.47. The van der Waals surface area contributed by atoms with Crippen molar-refractivity contribution in [3.8, 4) is 5.75 Å². The summed E-state index contributed by atoms with van der Waals surface area (Å²) in [6.45, 7) is 20.3. The predicted octanol–water partition coefficient (Wildman–Crippen LogP) is 6.90. The van der Waals surface area contributed by atoms with E-state index in [0.29, 0.717) is 12.3 Å². The molecule has 2 rings (SSSR count). The fraction of sp³-hybridized carbons (Fsp3) is 0.500. The maximum atomic E-state index is 10.8. The first-order chi connectivity index (χ1) is 12.7. The average molecular weight is 380 g/mol. The number of phenolic OH excluding ortho intramolecular Hbond substituents is 1. The number of benzene rings is 2. The van der Waals surface area contributed by atoms with Crippen LogP contribution in [0, 0.1) is 0 Å². The highest BCUT2D eigenvalue weighted by atomic mass is 16.3. The van der Waals surface area contributed by atoms with Gasteiger partial charge in [0.25, 0.3) is 0 Å². The maximum absolute atomic E-state index is 10.8. The first-order valence-corrected chi connectivity index (χ1v) is 10.2. The molecule has 0 saturated carbocycles. The van der Waals surface area contributed by atoms with Crippen molar-refractivity contribution in [2.75, 3.05) is 0 Å². The van der Waals surface area contributed by atoms with Crippen molar-refractivity contribution >= 4 is 6.21 Å². The lowest BCUT2D eigenvalue weighted by Gasteiger charge is -2.27. The van der Waals surface area contributed by atoms with Crippen LogP contribution in [-0.2, 0) is 22.8 Å². The monoisotopic (exact) mass is 379 g/mol. The highest BCUT2D eigenvalue weighted by Gasteiger charge is 2.24. The quantitative estimate of drug-likeness (QED) is 0.578. The summed E-state index contributed by atoms with van der Waals surface area (Å²) >= 11 is 0. The summed E-state index contributed by atoms with van der Waals surface area (Å²) in [4.78, 5) is 4.63. The standard InChI is InChI=1S/C26H37NO/c1-24(2,3)20-12-10-18(11-13-20)16-27-17-19-14-21(25(4,5)6)15-22(23(19)28)26(7,8)9/h10-15,17,28H,16H2,1-9H3. The van der Waals surface area contributed by atoms with Crippen molar-refractivity contribution < 1.29 is 5.11 Å². The van der Waals surface area contributed by atoms with Gasteiger partial charge in [0, 0.05) is 17.3 Å². The van der Waals surface area contributed by atoms with Gasteiger partial charge in [-0.15, -0.1) is 0 Å². The number of hydrogen-bond donors (Lipinski definition) is 1. The van der Waals surface area contributed by atoms with Gasteiger partial charge >= 0.3 is 0 Å². The van der Waals surface area contributed by atoms with Crippen molar-refractivity contribution in [3.63, 3.8) is 0 Å². The van der Waals surface area contributed by atoms with Crippen LogP contribution < -0.4 is 0 Å². The first kappa shape index (κ1) is 22.2. The van der Waals surface area contributed by atoms with E-state index in [2.05, 4.69) is 104 Å². The molecule has 0 unspecified atom stereocenters.